The van der Waals surface area contributed by atoms with Crippen LogP contribution in [0.15, 0.2) is 17.2 Å². The molecule has 0 aromatic carbocycles. The Morgan fingerprint density at radius 3 is 2.30 bits per heavy atom. The van der Waals surface area contributed by atoms with Crippen LogP contribution >= 0.6 is 0 Å². The van der Waals surface area contributed by atoms with E-state index in [0.717, 1.165) is 5.69 Å². The molecule has 10 heavy (non-hydrogen) atoms. The molecule has 0 aliphatic carbocycles. The van der Waals surface area contributed by atoms with Crippen molar-refractivity contribution < 1.29 is 0 Å². The third-order valence-electron chi connectivity index (χ3n) is 0.780. The Bertz CT molecular complexity index is 229. The molecule has 0 saturated heterocycles. The molecule has 0 aliphatic rings. The van der Waals surface area contributed by atoms with Crippen molar-refractivity contribution in [2.45, 2.75) is 20.8 Å². The van der Waals surface area contributed by atoms with Gasteiger partial charge in [0, 0.05) is 11.9 Å². The molecule has 56 valence electrons. The fourth-order valence-electron chi connectivity index (χ4n) is 0.476. The summed E-state index contributed by atoms with van der Waals surface area (Å²) in [6, 6.07) is 0. The molecule has 0 amide bonds. The first-order chi connectivity index (χ1) is 4.79. The van der Waals surface area contributed by atoms with Crippen LogP contribution in [0, 0.1) is 6.92 Å². The summed E-state index contributed by atoms with van der Waals surface area (Å²) in [7, 11) is 0. The van der Waals surface area contributed by atoms with Crippen LogP contribution in [-0.4, -0.2) is 9.97 Å². The van der Waals surface area contributed by atoms with Gasteiger partial charge in [-0.2, -0.15) is 0 Å². The lowest BCUT2D eigenvalue weighted by Gasteiger charge is -1.84. The predicted molar refractivity (Wildman–Crippen MR) is 40.9 cm³/mol. The van der Waals surface area contributed by atoms with E-state index in [2.05, 4.69) is 9.97 Å². The molecule has 1 aromatic heterocycles. The first-order valence-electron chi connectivity index (χ1n) is 3.30. The van der Waals surface area contributed by atoms with E-state index in [4.69, 9.17) is 0 Å². The minimum absolute atomic E-state index is 0.148. The van der Waals surface area contributed by atoms with E-state index in [0.29, 0.717) is 0 Å². The zero-order valence-corrected chi connectivity index (χ0v) is 6.51. The summed E-state index contributed by atoms with van der Waals surface area (Å²) in [5, 5.41) is 0. The molecule has 0 aliphatic heterocycles. The van der Waals surface area contributed by atoms with Crippen LogP contribution in [0.3, 0.4) is 0 Å². The molecule has 0 saturated carbocycles. The first kappa shape index (κ1) is 8.88. The van der Waals surface area contributed by atoms with Gasteiger partial charge in [0.15, 0.2) is 0 Å². The molecule has 1 aromatic rings. The van der Waals surface area contributed by atoms with E-state index < -0.39 is 0 Å². The number of hydrogen-bond acceptors (Lipinski definition) is 2. The van der Waals surface area contributed by atoms with Crippen molar-refractivity contribution in [1.82, 2.24) is 9.97 Å². The molecule has 0 atom stereocenters. The van der Waals surface area contributed by atoms with Crippen molar-refractivity contribution >= 4 is 0 Å². The molecule has 0 bridgehead atoms. The molecular weight excluding hydrogens is 128 g/mol. The fraction of sp³-hybridized carbons (Fsp3) is 0.429. The minimum atomic E-state index is -0.148. The van der Waals surface area contributed by atoms with Gasteiger partial charge in [0.1, 0.15) is 0 Å². The van der Waals surface area contributed by atoms with Crippen LogP contribution in [0.25, 0.3) is 0 Å². The number of hydrogen-bond donors (Lipinski definition) is 1. The monoisotopic (exact) mass is 140 g/mol. The minimum Gasteiger partial charge on any atom is -0.324 e. The van der Waals surface area contributed by atoms with E-state index in [-0.39, 0.29) is 5.56 Å². The van der Waals surface area contributed by atoms with Crippen LogP contribution < -0.4 is 5.56 Å². The van der Waals surface area contributed by atoms with Crippen molar-refractivity contribution in [2.75, 3.05) is 0 Å². The quantitative estimate of drug-likeness (QED) is 0.586. The first-order valence-corrected chi connectivity index (χ1v) is 3.30. The number of H-pyrrole nitrogens is 1. The number of aryl methyl sites for hydroxylation is 1. The molecule has 0 fully saturated rings. The average molecular weight is 140 g/mol. The Kier molecular flexibility index (Phi) is 4.20. The maximum atomic E-state index is 10.4. The van der Waals surface area contributed by atoms with Gasteiger partial charge in [0.2, 0.25) is 0 Å². The maximum Gasteiger partial charge on any atom is 0.266 e. The van der Waals surface area contributed by atoms with Crippen LogP contribution in [0.2, 0.25) is 0 Å². The summed E-state index contributed by atoms with van der Waals surface area (Å²) in [6.07, 6.45) is 2.84. The van der Waals surface area contributed by atoms with Gasteiger partial charge in [-0.25, -0.2) is 0 Å². The van der Waals surface area contributed by atoms with Gasteiger partial charge < -0.3 is 4.98 Å². The second kappa shape index (κ2) is 4.73. The topological polar surface area (TPSA) is 45.8 Å². The molecule has 0 radical (unpaired) electrons. The van der Waals surface area contributed by atoms with E-state index >= 15 is 0 Å². The molecule has 0 spiro atoms. The average Bonchev–Trinajstić information content (AvgIpc) is 1.91. The number of rotatable bonds is 0. The summed E-state index contributed by atoms with van der Waals surface area (Å²) in [4.78, 5) is 16.6. The standard InChI is InChI=1S/C5H6N2O.C2H6/c1-4-2-6-3-5(8)7-4;1-2/h2-3H,1H3,(H,7,8);1-2H3. The molecule has 0 unspecified atom stereocenters. The van der Waals surface area contributed by atoms with Crippen molar-refractivity contribution in [2.24, 2.45) is 0 Å². The predicted octanol–water partition coefficient (Wildman–Crippen LogP) is 1.10. The highest BCUT2D eigenvalue weighted by molar-refractivity contribution is 4.89. The number of aromatic nitrogens is 2. The van der Waals surface area contributed by atoms with Gasteiger partial charge >= 0.3 is 0 Å². The highest BCUT2D eigenvalue weighted by Gasteiger charge is 1.80. The Morgan fingerprint density at radius 1 is 1.40 bits per heavy atom. The normalized spacial score (nSPS) is 7.90. The second-order valence-electron chi connectivity index (χ2n) is 1.58. The van der Waals surface area contributed by atoms with Crippen molar-refractivity contribution in [3.8, 4) is 0 Å². The summed E-state index contributed by atoms with van der Waals surface area (Å²) in [5.41, 5.74) is 0.641. The van der Waals surface area contributed by atoms with Gasteiger partial charge in [0.05, 0.1) is 6.20 Å². The van der Waals surface area contributed by atoms with Crippen molar-refractivity contribution in [3.63, 3.8) is 0 Å². The summed E-state index contributed by atoms with van der Waals surface area (Å²) < 4.78 is 0. The molecule has 1 rings (SSSR count). The Labute approximate surface area is 60.1 Å². The lowest BCUT2D eigenvalue weighted by Crippen LogP contribution is -2.05. The van der Waals surface area contributed by atoms with Crippen LogP contribution in [0.1, 0.15) is 19.5 Å². The highest BCUT2D eigenvalue weighted by atomic mass is 16.1. The molecule has 1 N–H and O–H groups in total. The fourth-order valence-corrected chi connectivity index (χ4v) is 0.476. The number of aromatic amines is 1. The Morgan fingerprint density at radius 2 is 2.00 bits per heavy atom. The third-order valence-corrected chi connectivity index (χ3v) is 0.780. The summed E-state index contributed by atoms with van der Waals surface area (Å²) >= 11 is 0. The van der Waals surface area contributed by atoms with Gasteiger partial charge in [0.25, 0.3) is 5.56 Å². The van der Waals surface area contributed by atoms with Crippen LogP contribution in [0.4, 0.5) is 0 Å². The van der Waals surface area contributed by atoms with Gasteiger partial charge in [-0.1, -0.05) is 13.8 Å². The smallest absolute Gasteiger partial charge is 0.266 e. The second-order valence-corrected chi connectivity index (χ2v) is 1.58. The molecular formula is C7H12N2O. The molecule has 3 heteroatoms. The van der Waals surface area contributed by atoms with E-state index in [1.165, 1.54) is 6.20 Å². The lowest BCUT2D eigenvalue weighted by molar-refractivity contribution is 1.07. The summed E-state index contributed by atoms with van der Waals surface area (Å²) in [6.45, 7) is 5.79. The molecule has 1 heterocycles. The van der Waals surface area contributed by atoms with E-state index in [9.17, 15) is 4.79 Å². The largest absolute Gasteiger partial charge is 0.324 e. The Hall–Kier alpha value is -1.12. The van der Waals surface area contributed by atoms with Gasteiger partial charge in [-0.05, 0) is 6.92 Å². The summed E-state index contributed by atoms with van der Waals surface area (Å²) in [5.74, 6) is 0. The SMILES string of the molecule is CC.Cc1cncc(=O)[nH]1. The Balaban J connectivity index is 0.000000371. The van der Waals surface area contributed by atoms with Crippen LogP contribution in [-0.2, 0) is 0 Å². The zero-order valence-electron chi connectivity index (χ0n) is 6.51. The lowest BCUT2D eigenvalue weighted by atomic mass is 10.5. The third kappa shape index (κ3) is 3.02. The van der Waals surface area contributed by atoms with E-state index in [1.807, 2.05) is 13.8 Å². The highest BCUT2D eigenvalue weighted by Crippen LogP contribution is 1.76. The molecule has 3 nitrogen and oxygen atoms in total. The van der Waals surface area contributed by atoms with Gasteiger partial charge in [-0.3, -0.25) is 9.78 Å². The maximum absolute atomic E-state index is 10.4. The van der Waals surface area contributed by atoms with Crippen molar-refractivity contribution in [3.05, 3.63) is 28.4 Å². The number of nitrogens with one attached hydrogen (secondary N) is 1. The number of nitrogens with zero attached hydrogens (tertiary/aromatic N) is 1. The van der Waals surface area contributed by atoms with Gasteiger partial charge in [-0.15, -0.1) is 0 Å². The van der Waals surface area contributed by atoms with E-state index in [1.54, 1.807) is 13.1 Å². The van der Waals surface area contributed by atoms with Crippen molar-refractivity contribution in [1.29, 1.82) is 0 Å². The van der Waals surface area contributed by atoms with Crippen LogP contribution in [0.5, 0.6) is 0 Å². The zero-order chi connectivity index (χ0) is 7.98.